The van der Waals surface area contributed by atoms with Gasteiger partial charge in [0.25, 0.3) is 0 Å². The van der Waals surface area contributed by atoms with E-state index in [0.29, 0.717) is 5.82 Å². The second kappa shape index (κ2) is 3.78. The zero-order chi connectivity index (χ0) is 7.28. The first-order valence-corrected chi connectivity index (χ1v) is 2.65. The molecular formula is C7H12N2. The van der Waals surface area contributed by atoms with Crippen molar-refractivity contribution in [3.63, 3.8) is 0 Å². The molecule has 0 aliphatic rings. The fourth-order valence-electron chi connectivity index (χ4n) is 0.417. The lowest BCUT2D eigenvalue weighted by Gasteiger charge is -2.06. The minimum Gasteiger partial charge on any atom is -0.349 e. The van der Waals surface area contributed by atoms with Crippen LogP contribution in [0.4, 0.5) is 0 Å². The largest absolute Gasteiger partial charge is 0.349 e. The zero-order valence-corrected chi connectivity index (χ0v) is 5.70. The van der Waals surface area contributed by atoms with E-state index in [2.05, 4.69) is 30.4 Å². The van der Waals surface area contributed by atoms with Gasteiger partial charge in [-0.15, -0.1) is 0 Å². The molecule has 0 unspecified atom stereocenters. The van der Waals surface area contributed by atoms with Crippen molar-refractivity contribution in [2.24, 2.45) is 0 Å². The van der Waals surface area contributed by atoms with E-state index in [1.807, 2.05) is 6.92 Å². The summed E-state index contributed by atoms with van der Waals surface area (Å²) in [5.41, 5.74) is 0.856. The summed E-state index contributed by atoms with van der Waals surface area (Å²) >= 11 is 0. The first kappa shape index (κ1) is 7.82. The molecule has 0 aromatic carbocycles. The van der Waals surface area contributed by atoms with Crippen LogP contribution in [0, 0.1) is 0 Å². The molecule has 0 saturated heterocycles. The van der Waals surface area contributed by atoms with Gasteiger partial charge in [0.05, 0.1) is 5.82 Å². The maximum absolute atomic E-state index is 3.63. The normalized spacial score (nSPS) is 7.67. The van der Waals surface area contributed by atoms with Gasteiger partial charge in [-0.05, 0) is 13.1 Å². The van der Waals surface area contributed by atoms with Gasteiger partial charge in [-0.2, -0.15) is 0 Å². The molecule has 0 aromatic rings. The third kappa shape index (κ3) is 4.68. The third-order valence-corrected chi connectivity index (χ3v) is 0.641. The van der Waals surface area contributed by atoms with E-state index in [4.69, 9.17) is 0 Å². The van der Waals surface area contributed by atoms with Crippen LogP contribution in [0.3, 0.4) is 0 Å². The van der Waals surface area contributed by atoms with Gasteiger partial charge in [-0.25, -0.2) is 0 Å². The Kier molecular flexibility index (Phi) is 3.28. The molecule has 2 heteroatoms. The Morgan fingerprint density at radius 1 is 1.44 bits per heavy atom. The molecule has 2 N–H and O–H groups in total. The number of nitrogens with one attached hydrogen (secondary N) is 2. The lowest BCUT2D eigenvalue weighted by molar-refractivity contribution is 0.875. The molecule has 0 aromatic heterocycles. The zero-order valence-electron chi connectivity index (χ0n) is 5.70. The lowest BCUT2D eigenvalue weighted by Crippen LogP contribution is -2.18. The second-order valence-electron chi connectivity index (χ2n) is 1.73. The van der Waals surface area contributed by atoms with Gasteiger partial charge in [0.15, 0.2) is 0 Å². The number of hydrogen-bond donors (Lipinski definition) is 2. The Bertz CT molecular complexity index is 136. The molecule has 0 heterocycles. The molecule has 0 radical (unpaired) electrons. The maximum atomic E-state index is 3.63. The number of allylic oxidation sites excluding steroid dienone is 1. The van der Waals surface area contributed by atoms with Crippen molar-refractivity contribution in [3.8, 4) is 0 Å². The van der Waals surface area contributed by atoms with E-state index in [1.165, 1.54) is 0 Å². The van der Waals surface area contributed by atoms with E-state index in [1.54, 1.807) is 6.20 Å². The quantitative estimate of drug-likeness (QED) is 0.590. The van der Waals surface area contributed by atoms with Crippen molar-refractivity contribution in [3.05, 3.63) is 37.5 Å². The van der Waals surface area contributed by atoms with Crippen LogP contribution in [-0.4, -0.2) is 0 Å². The molecule has 0 atom stereocenters. The van der Waals surface area contributed by atoms with Crippen molar-refractivity contribution in [1.82, 2.24) is 10.6 Å². The first-order chi connectivity index (χ1) is 4.16. The highest BCUT2D eigenvalue weighted by molar-refractivity contribution is 5.01. The van der Waals surface area contributed by atoms with Crippen LogP contribution in [0.2, 0.25) is 0 Å². The summed E-state index contributed by atoms with van der Waals surface area (Å²) in [6.07, 6.45) is 1.55. The van der Waals surface area contributed by atoms with E-state index >= 15 is 0 Å². The summed E-state index contributed by atoms with van der Waals surface area (Å²) in [6.45, 7) is 12.6. The topological polar surface area (TPSA) is 24.1 Å². The summed E-state index contributed by atoms with van der Waals surface area (Å²) in [5.74, 6) is 0.692. The van der Waals surface area contributed by atoms with Gasteiger partial charge in [0, 0.05) is 5.70 Å². The average molecular weight is 124 g/mol. The Hall–Kier alpha value is -1.18. The Labute approximate surface area is 56.0 Å². The lowest BCUT2D eigenvalue weighted by atomic mass is 10.5. The van der Waals surface area contributed by atoms with E-state index in [0.717, 1.165) is 5.70 Å². The Balaban J connectivity index is 3.50. The van der Waals surface area contributed by atoms with Gasteiger partial charge < -0.3 is 10.6 Å². The highest BCUT2D eigenvalue weighted by atomic mass is 15.1. The van der Waals surface area contributed by atoms with Gasteiger partial charge in [0.2, 0.25) is 0 Å². The molecule has 0 aliphatic carbocycles. The van der Waals surface area contributed by atoms with E-state index in [9.17, 15) is 0 Å². The van der Waals surface area contributed by atoms with Crippen LogP contribution in [-0.2, 0) is 0 Å². The average Bonchev–Trinajstić information content (AvgIpc) is 1.63. The van der Waals surface area contributed by atoms with Crippen molar-refractivity contribution in [1.29, 1.82) is 0 Å². The minimum absolute atomic E-state index is 0.692. The summed E-state index contributed by atoms with van der Waals surface area (Å²) in [4.78, 5) is 0. The molecule has 0 amide bonds. The van der Waals surface area contributed by atoms with Gasteiger partial charge in [-0.1, -0.05) is 19.7 Å². The predicted octanol–water partition coefficient (Wildman–Crippen LogP) is 1.31. The molecule has 0 spiro atoms. The Morgan fingerprint density at radius 2 is 2.00 bits per heavy atom. The van der Waals surface area contributed by atoms with Crippen LogP contribution in [0.1, 0.15) is 6.92 Å². The van der Waals surface area contributed by atoms with Crippen molar-refractivity contribution >= 4 is 0 Å². The molecule has 9 heavy (non-hydrogen) atoms. The van der Waals surface area contributed by atoms with E-state index < -0.39 is 0 Å². The molecule has 0 fully saturated rings. The summed E-state index contributed by atoms with van der Waals surface area (Å²) in [7, 11) is 0. The van der Waals surface area contributed by atoms with Gasteiger partial charge in [-0.3, -0.25) is 0 Å². The van der Waals surface area contributed by atoms with Crippen molar-refractivity contribution in [2.45, 2.75) is 6.92 Å². The van der Waals surface area contributed by atoms with Gasteiger partial charge in [0.1, 0.15) is 0 Å². The first-order valence-electron chi connectivity index (χ1n) is 2.65. The van der Waals surface area contributed by atoms with Crippen molar-refractivity contribution in [2.75, 3.05) is 0 Å². The third-order valence-electron chi connectivity index (χ3n) is 0.641. The van der Waals surface area contributed by atoms with Crippen LogP contribution in [0.25, 0.3) is 0 Å². The molecule has 0 aliphatic heterocycles. The fourth-order valence-corrected chi connectivity index (χ4v) is 0.417. The van der Waals surface area contributed by atoms with Gasteiger partial charge >= 0.3 is 0 Å². The molecule has 2 nitrogen and oxygen atoms in total. The maximum Gasteiger partial charge on any atom is 0.0994 e. The monoisotopic (exact) mass is 124 g/mol. The Morgan fingerprint density at radius 3 is 2.33 bits per heavy atom. The van der Waals surface area contributed by atoms with Crippen LogP contribution < -0.4 is 10.6 Å². The molecule has 0 rings (SSSR count). The molecule has 0 saturated carbocycles. The summed E-state index contributed by atoms with van der Waals surface area (Å²) < 4.78 is 0. The highest BCUT2D eigenvalue weighted by Crippen LogP contribution is 1.83. The van der Waals surface area contributed by atoms with E-state index in [-0.39, 0.29) is 0 Å². The molecule has 0 bridgehead atoms. The second-order valence-corrected chi connectivity index (χ2v) is 1.73. The number of hydrogen-bond acceptors (Lipinski definition) is 2. The summed E-state index contributed by atoms with van der Waals surface area (Å²) in [6, 6.07) is 0. The predicted molar refractivity (Wildman–Crippen MR) is 40.4 cm³/mol. The van der Waals surface area contributed by atoms with Crippen LogP contribution >= 0.6 is 0 Å². The highest BCUT2D eigenvalue weighted by Gasteiger charge is 1.84. The number of rotatable bonds is 4. The minimum atomic E-state index is 0.692. The molecule has 50 valence electrons. The van der Waals surface area contributed by atoms with Crippen molar-refractivity contribution < 1.29 is 0 Å². The smallest absolute Gasteiger partial charge is 0.0994 e. The summed E-state index contributed by atoms with van der Waals surface area (Å²) in [5, 5.41) is 5.65. The SMILES string of the molecule is C=CNC(=C)NC(=C)C. The standard InChI is InChI=1S/C7H12N2/c1-5-8-7(4)9-6(2)3/h5,8-9H,1-2,4H2,3H3. The fraction of sp³-hybridized carbons (Fsp3) is 0.143. The van der Waals surface area contributed by atoms with Crippen LogP contribution in [0.15, 0.2) is 37.5 Å². The van der Waals surface area contributed by atoms with Crippen LogP contribution in [0.5, 0.6) is 0 Å². The molecular weight excluding hydrogens is 112 g/mol.